The highest BCUT2D eigenvalue weighted by atomic mass is 15.1. The molecule has 8 aromatic carbocycles. The van der Waals surface area contributed by atoms with Gasteiger partial charge in [-0.15, -0.1) is 0 Å². The number of hydrogen-bond acceptors (Lipinski definition) is 2. The Bertz CT molecular complexity index is 3290. The first kappa shape index (κ1) is 31.8. The topological polar surface area (TPSA) is 46.5 Å². The van der Waals surface area contributed by atoms with Crippen molar-refractivity contribution in [2.75, 3.05) is 0 Å². The highest BCUT2D eigenvalue weighted by molar-refractivity contribution is 6.19. The second-order valence-electron chi connectivity index (χ2n) is 14.3. The van der Waals surface area contributed by atoms with Crippen LogP contribution in [0.1, 0.15) is 5.56 Å². The van der Waals surface area contributed by atoms with Crippen LogP contribution in [-0.4, -0.2) is 14.1 Å². The molecule has 11 aromatic rings. The molecule has 4 nitrogen and oxygen atoms in total. The lowest BCUT2D eigenvalue weighted by Gasteiger charge is -2.14. The summed E-state index contributed by atoms with van der Waals surface area (Å²) in [5.41, 5.74) is 12.7. The van der Waals surface area contributed by atoms with Crippen LogP contribution in [0.5, 0.6) is 0 Å². The Labute approximate surface area is 323 Å². The predicted octanol–water partition coefficient (Wildman–Crippen LogP) is 13.3. The van der Waals surface area contributed by atoms with E-state index in [2.05, 4.69) is 179 Å². The summed E-state index contributed by atoms with van der Waals surface area (Å²) in [6, 6.07) is 70.9. The summed E-state index contributed by atoms with van der Waals surface area (Å²) in [7, 11) is 0. The second kappa shape index (κ2) is 12.7. The Hall–Kier alpha value is -7.74. The highest BCUT2D eigenvalue weighted by Gasteiger charge is 2.19. The van der Waals surface area contributed by atoms with Crippen molar-refractivity contribution in [1.82, 2.24) is 14.1 Å². The maximum Gasteiger partial charge on any atom is 0.138 e. The number of aromatic nitrogens is 3. The summed E-state index contributed by atoms with van der Waals surface area (Å²) < 4.78 is 4.67. The monoisotopic (exact) mass is 712 g/mol. The molecule has 0 bridgehead atoms. The van der Waals surface area contributed by atoms with Crippen molar-refractivity contribution in [2.24, 2.45) is 0 Å². The molecule has 0 N–H and O–H groups in total. The van der Waals surface area contributed by atoms with Crippen LogP contribution in [0, 0.1) is 11.3 Å². The number of nitriles is 1. The molecular weight excluding hydrogens is 681 g/mol. The summed E-state index contributed by atoms with van der Waals surface area (Å²) in [6.07, 6.45) is 0. The second-order valence-corrected chi connectivity index (χ2v) is 14.3. The Morgan fingerprint density at radius 3 is 1.73 bits per heavy atom. The van der Waals surface area contributed by atoms with E-state index in [4.69, 9.17) is 4.98 Å². The van der Waals surface area contributed by atoms with Crippen LogP contribution in [0.2, 0.25) is 0 Å². The van der Waals surface area contributed by atoms with Gasteiger partial charge in [-0.2, -0.15) is 5.26 Å². The minimum absolute atomic E-state index is 0.647. The van der Waals surface area contributed by atoms with Gasteiger partial charge in [0.25, 0.3) is 0 Å². The zero-order chi connectivity index (χ0) is 37.2. The van der Waals surface area contributed by atoms with E-state index in [0.29, 0.717) is 5.56 Å². The molecule has 0 aliphatic carbocycles. The van der Waals surface area contributed by atoms with Crippen molar-refractivity contribution in [1.29, 1.82) is 5.26 Å². The van der Waals surface area contributed by atoms with Crippen molar-refractivity contribution in [3.63, 3.8) is 0 Å². The van der Waals surface area contributed by atoms with Crippen molar-refractivity contribution in [3.8, 4) is 51.1 Å². The third-order valence-corrected chi connectivity index (χ3v) is 11.1. The fourth-order valence-electron chi connectivity index (χ4n) is 8.49. The number of nitrogens with zero attached hydrogens (tertiary/aromatic N) is 4. The summed E-state index contributed by atoms with van der Waals surface area (Å²) in [5, 5.41) is 16.6. The first-order valence-corrected chi connectivity index (χ1v) is 18.9. The summed E-state index contributed by atoms with van der Waals surface area (Å²) in [6.45, 7) is 0. The lowest BCUT2D eigenvalue weighted by Crippen LogP contribution is -2.00. The van der Waals surface area contributed by atoms with Gasteiger partial charge in [-0.25, -0.2) is 4.98 Å². The van der Waals surface area contributed by atoms with Gasteiger partial charge in [0.15, 0.2) is 0 Å². The molecule has 0 saturated heterocycles. The van der Waals surface area contributed by atoms with Gasteiger partial charge in [0, 0.05) is 38.2 Å². The Kier molecular flexibility index (Phi) is 7.20. The molecule has 0 spiro atoms. The van der Waals surface area contributed by atoms with Gasteiger partial charge >= 0.3 is 0 Å². The fourth-order valence-corrected chi connectivity index (χ4v) is 8.49. The Balaban J connectivity index is 1.17. The van der Waals surface area contributed by atoms with E-state index < -0.39 is 0 Å². The number of hydrogen-bond donors (Lipinski definition) is 0. The smallest absolute Gasteiger partial charge is 0.138 e. The van der Waals surface area contributed by atoms with Crippen LogP contribution in [0.3, 0.4) is 0 Å². The molecule has 0 saturated carbocycles. The first-order valence-electron chi connectivity index (χ1n) is 18.9. The molecule has 4 heteroatoms. The van der Waals surface area contributed by atoms with Gasteiger partial charge in [-0.05, 0) is 88.3 Å². The zero-order valence-corrected chi connectivity index (χ0v) is 30.3. The van der Waals surface area contributed by atoms with E-state index in [1.165, 1.54) is 26.9 Å². The standard InChI is InChI=1S/C52H32N4/c53-33-34-19-25-41(26-20-34)55-48-17-9-7-15-42(48)44-27-24-39(31-50(44)55)38-22-21-36-23-28-45-43-16-8-10-18-49(43)56(52(45)46(36)29-38)51-32-40(35-11-3-1-4-12-35)30-47(54-51)37-13-5-2-6-14-37/h1-32H. The van der Waals surface area contributed by atoms with E-state index in [-0.39, 0.29) is 0 Å². The van der Waals surface area contributed by atoms with Crippen LogP contribution in [0.4, 0.5) is 0 Å². The number of fused-ring (bicyclic) bond motifs is 8. The van der Waals surface area contributed by atoms with E-state index in [1.54, 1.807) is 0 Å². The highest BCUT2D eigenvalue weighted by Crippen LogP contribution is 2.40. The molecule has 3 heterocycles. The van der Waals surface area contributed by atoms with Crippen LogP contribution in [-0.2, 0) is 0 Å². The van der Waals surface area contributed by atoms with Crippen molar-refractivity contribution < 1.29 is 0 Å². The van der Waals surface area contributed by atoms with Gasteiger partial charge in [-0.1, -0.05) is 133 Å². The van der Waals surface area contributed by atoms with Crippen LogP contribution < -0.4 is 0 Å². The molecule has 0 aliphatic rings. The molecular formula is C52H32N4. The number of para-hydroxylation sites is 2. The average molecular weight is 713 g/mol. The van der Waals surface area contributed by atoms with Crippen molar-refractivity contribution >= 4 is 54.4 Å². The Morgan fingerprint density at radius 2 is 0.982 bits per heavy atom. The quantitative estimate of drug-likeness (QED) is 0.178. The van der Waals surface area contributed by atoms with E-state index in [0.717, 1.165) is 72.5 Å². The van der Waals surface area contributed by atoms with E-state index in [9.17, 15) is 5.26 Å². The average Bonchev–Trinajstić information content (AvgIpc) is 3.80. The van der Waals surface area contributed by atoms with Crippen LogP contribution in [0.15, 0.2) is 194 Å². The molecule has 260 valence electrons. The predicted molar refractivity (Wildman–Crippen MR) is 231 cm³/mol. The maximum absolute atomic E-state index is 9.49. The Morgan fingerprint density at radius 1 is 0.393 bits per heavy atom. The van der Waals surface area contributed by atoms with Gasteiger partial charge in [0.05, 0.1) is 39.4 Å². The first-order chi connectivity index (χ1) is 27.7. The third kappa shape index (κ3) is 5.03. The van der Waals surface area contributed by atoms with Crippen LogP contribution >= 0.6 is 0 Å². The van der Waals surface area contributed by atoms with Gasteiger partial charge < -0.3 is 4.57 Å². The lowest BCUT2D eigenvalue weighted by molar-refractivity contribution is 1.09. The largest absolute Gasteiger partial charge is 0.309 e. The van der Waals surface area contributed by atoms with Gasteiger partial charge in [0.1, 0.15) is 5.82 Å². The zero-order valence-electron chi connectivity index (χ0n) is 30.3. The summed E-state index contributed by atoms with van der Waals surface area (Å²) in [5.74, 6) is 0.877. The maximum atomic E-state index is 9.49. The molecule has 0 amide bonds. The number of benzene rings is 8. The summed E-state index contributed by atoms with van der Waals surface area (Å²) in [4.78, 5) is 5.41. The fraction of sp³-hybridized carbons (Fsp3) is 0. The van der Waals surface area contributed by atoms with Crippen LogP contribution in [0.25, 0.3) is 99.4 Å². The molecule has 0 aliphatic heterocycles. The van der Waals surface area contributed by atoms with E-state index in [1.807, 2.05) is 30.3 Å². The molecule has 3 aromatic heterocycles. The van der Waals surface area contributed by atoms with E-state index >= 15 is 0 Å². The van der Waals surface area contributed by atoms with Crippen molar-refractivity contribution in [3.05, 3.63) is 200 Å². The minimum Gasteiger partial charge on any atom is -0.309 e. The normalized spacial score (nSPS) is 11.6. The molecule has 0 unspecified atom stereocenters. The summed E-state index contributed by atoms with van der Waals surface area (Å²) >= 11 is 0. The van der Waals surface area contributed by atoms with Gasteiger partial charge in [-0.3, -0.25) is 4.57 Å². The molecule has 0 fully saturated rings. The molecule has 11 rings (SSSR count). The SMILES string of the molecule is N#Cc1ccc(-n2c3ccccc3c3ccc(-c4ccc5ccc6c7ccccc7n(-c7cc(-c8ccccc8)cc(-c8ccccc8)n7)c6c5c4)cc32)cc1. The number of pyridine rings is 1. The van der Waals surface area contributed by atoms with Crippen molar-refractivity contribution in [2.45, 2.75) is 0 Å². The third-order valence-electron chi connectivity index (χ3n) is 11.1. The van der Waals surface area contributed by atoms with Gasteiger partial charge in [0.2, 0.25) is 0 Å². The molecule has 56 heavy (non-hydrogen) atoms. The molecule has 0 radical (unpaired) electrons. The molecule has 0 atom stereocenters. The minimum atomic E-state index is 0.647. The number of rotatable bonds is 5. The lowest BCUT2D eigenvalue weighted by atomic mass is 9.98.